The van der Waals surface area contributed by atoms with E-state index in [9.17, 15) is 14.0 Å². The summed E-state index contributed by atoms with van der Waals surface area (Å²) in [6.45, 7) is 0. The lowest BCUT2D eigenvalue weighted by Gasteiger charge is -2.25. The summed E-state index contributed by atoms with van der Waals surface area (Å²) in [4.78, 5) is 24.9. The van der Waals surface area contributed by atoms with E-state index in [1.165, 1.54) is 12.1 Å². The van der Waals surface area contributed by atoms with Crippen LogP contribution in [0.5, 0.6) is 0 Å². The Kier molecular flexibility index (Phi) is 4.01. The summed E-state index contributed by atoms with van der Waals surface area (Å²) in [6.07, 6.45) is 0.0843. The second kappa shape index (κ2) is 6.20. The third-order valence-electron chi connectivity index (χ3n) is 4.09. The van der Waals surface area contributed by atoms with Crippen molar-refractivity contribution in [1.29, 1.82) is 0 Å². The average molecular weight is 375 g/mol. The highest BCUT2D eigenvalue weighted by Crippen LogP contribution is 2.39. The number of nitrogens with zero attached hydrogens (tertiary/aromatic N) is 1. The smallest absolute Gasteiger partial charge is 0.248 e. The van der Waals surface area contributed by atoms with Crippen molar-refractivity contribution in [3.8, 4) is 0 Å². The van der Waals surface area contributed by atoms with Crippen molar-refractivity contribution in [3.05, 3.63) is 59.4 Å². The highest BCUT2D eigenvalue weighted by Gasteiger charge is 2.32. The Bertz CT molecular complexity index is 1020. The molecule has 1 aliphatic heterocycles. The van der Waals surface area contributed by atoms with Gasteiger partial charge in [-0.2, -0.15) is 0 Å². The van der Waals surface area contributed by atoms with Gasteiger partial charge >= 0.3 is 0 Å². The maximum atomic E-state index is 13.2. The van der Waals surface area contributed by atoms with E-state index in [0.717, 1.165) is 33.8 Å². The second-order valence-corrected chi connectivity index (χ2v) is 7.20. The number of nitrogens with one attached hydrogen (secondary N) is 1. The number of carbonyl (C=O) groups excluding carboxylic acids is 2. The maximum Gasteiger partial charge on any atom is 0.248 e. The molecule has 1 aromatic heterocycles. The lowest BCUT2D eigenvalue weighted by atomic mass is 10.1. The maximum absolute atomic E-state index is 13.2. The van der Waals surface area contributed by atoms with Gasteiger partial charge in [0.05, 0.1) is 15.7 Å². The number of thioether (sulfide) groups is 1. The van der Waals surface area contributed by atoms with Crippen LogP contribution in [0.3, 0.4) is 0 Å². The molecule has 0 saturated carbocycles. The summed E-state index contributed by atoms with van der Waals surface area (Å²) in [6, 6.07) is 12.7. The van der Waals surface area contributed by atoms with Crippen LogP contribution in [0.4, 0.5) is 10.1 Å². The number of amides is 1. The number of anilines is 1. The van der Waals surface area contributed by atoms with Gasteiger partial charge in [0.2, 0.25) is 5.91 Å². The van der Waals surface area contributed by atoms with Gasteiger partial charge in [0.15, 0.2) is 5.12 Å². The largest absolute Gasteiger partial charge is 0.323 e. The number of aromatic nitrogens is 1. The Labute approximate surface area is 152 Å². The van der Waals surface area contributed by atoms with Crippen LogP contribution in [0.2, 0.25) is 5.02 Å². The summed E-state index contributed by atoms with van der Waals surface area (Å²) in [7, 11) is 0. The number of fused-ring (bicyclic) bond motifs is 3. The molecule has 1 aliphatic rings. The van der Waals surface area contributed by atoms with Crippen molar-refractivity contribution in [1.82, 2.24) is 4.57 Å². The van der Waals surface area contributed by atoms with E-state index in [1.807, 2.05) is 34.9 Å². The fourth-order valence-corrected chi connectivity index (χ4v) is 4.17. The molecular weight excluding hydrogens is 363 g/mol. The van der Waals surface area contributed by atoms with Crippen molar-refractivity contribution in [2.24, 2.45) is 0 Å². The summed E-state index contributed by atoms with van der Waals surface area (Å²) in [5.41, 5.74) is 1.21. The monoisotopic (exact) mass is 374 g/mol. The van der Waals surface area contributed by atoms with Crippen LogP contribution in [0, 0.1) is 5.82 Å². The molecule has 3 aromatic rings. The number of halogens is 2. The summed E-state index contributed by atoms with van der Waals surface area (Å²) >= 11 is 7.12. The van der Waals surface area contributed by atoms with Gasteiger partial charge in [-0.3, -0.25) is 9.59 Å². The Balaban J connectivity index is 1.73. The highest BCUT2D eigenvalue weighted by atomic mass is 35.5. The zero-order valence-corrected chi connectivity index (χ0v) is 14.4. The van der Waals surface area contributed by atoms with Gasteiger partial charge in [0, 0.05) is 17.3 Å². The molecule has 0 fully saturated rings. The van der Waals surface area contributed by atoms with E-state index in [0.29, 0.717) is 5.69 Å². The number of para-hydroxylation sites is 1. The molecule has 0 bridgehead atoms. The molecule has 4 nitrogen and oxygen atoms in total. The van der Waals surface area contributed by atoms with Gasteiger partial charge in [0.1, 0.15) is 11.9 Å². The first-order valence-corrected chi connectivity index (χ1v) is 8.79. The van der Waals surface area contributed by atoms with E-state index in [-0.39, 0.29) is 22.5 Å². The van der Waals surface area contributed by atoms with Gasteiger partial charge in [-0.25, -0.2) is 4.39 Å². The molecule has 1 N–H and O–H groups in total. The van der Waals surface area contributed by atoms with Crippen LogP contribution in [-0.4, -0.2) is 15.6 Å². The van der Waals surface area contributed by atoms with Crippen LogP contribution >= 0.6 is 23.4 Å². The molecule has 0 saturated heterocycles. The van der Waals surface area contributed by atoms with Crippen molar-refractivity contribution in [2.75, 3.05) is 5.32 Å². The first kappa shape index (κ1) is 16.2. The minimum absolute atomic E-state index is 0.0688. The summed E-state index contributed by atoms with van der Waals surface area (Å²) in [5, 5.41) is 4.46. The first-order valence-electron chi connectivity index (χ1n) is 7.59. The normalized spacial score (nSPS) is 16.7. The second-order valence-electron chi connectivity index (χ2n) is 5.72. The molecule has 7 heteroatoms. The summed E-state index contributed by atoms with van der Waals surface area (Å²) in [5.74, 6) is -0.837. The molecular formula is C18H12ClFN2O2S. The van der Waals surface area contributed by atoms with E-state index in [4.69, 9.17) is 11.6 Å². The zero-order chi connectivity index (χ0) is 17.6. The molecule has 0 radical (unpaired) electrons. The van der Waals surface area contributed by atoms with Crippen LogP contribution in [0.25, 0.3) is 10.9 Å². The van der Waals surface area contributed by atoms with E-state index in [1.54, 1.807) is 0 Å². The fourth-order valence-electron chi connectivity index (χ4n) is 2.97. The topological polar surface area (TPSA) is 51.1 Å². The van der Waals surface area contributed by atoms with E-state index < -0.39 is 11.9 Å². The number of rotatable bonds is 2. The Morgan fingerprint density at radius 3 is 2.84 bits per heavy atom. The number of hydrogen-bond donors (Lipinski definition) is 1. The molecule has 126 valence electrons. The third-order valence-corrected chi connectivity index (χ3v) is 5.33. The van der Waals surface area contributed by atoms with E-state index >= 15 is 0 Å². The minimum atomic E-state index is -0.676. The van der Waals surface area contributed by atoms with Crippen molar-refractivity contribution < 1.29 is 14.0 Å². The fraction of sp³-hybridized carbons (Fsp3) is 0.111. The number of benzene rings is 2. The molecule has 4 rings (SSSR count). The quantitative estimate of drug-likeness (QED) is 0.711. The van der Waals surface area contributed by atoms with Gasteiger partial charge in [-0.15, -0.1) is 0 Å². The predicted octanol–water partition coefficient (Wildman–Crippen LogP) is 4.64. The Morgan fingerprint density at radius 1 is 1.24 bits per heavy atom. The standard InChI is InChI=1S/C18H12ClFN2O2S/c19-12-8-11(20)5-6-13(12)21-18(24)15-9-17(23)25-16-7-10-3-1-2-4-14(10)22(15)16/h1-8,15H,9H2,(H,21,24). The predicted molar refractivity (Wildman–Crippen MR) is 96.5 cm³/mol. The van der Waals surface area contributed by atoms with Crippen molar-refractivity contribution in [3.63, 3.8) is 0 Å². The van der Waals surface area contributed by atoms with Gasteiger partial charge in [-0.05, 0) is 42.1 Å². The Morgan fingerprint density at radius 2 is 2.04 bits per heavy atom. The number of carbonyl (C=O) groups is 2. The Hall–Kier alpha value is -2.31. The zero-order valence-electron chi connectivity index (χ0n) is 12.8. The molecule has 1 amide bonds. The van der Waals surface area contributed by atoms with Crippen LogP contribution in [0.1, 0.15) is 12.5 Å². The SMILES string of the molecule is O=C1CC(C(=O)Nc2ccc(F)cc2Cl)n2c(cc3ccccc32)S1. The minimum Gasteiger partial charge on any atom is -0.323 e. The lowest BCUT2D eigenvalue weighted by Crippen LogP contribution is -2.30. The van der Waals surface area contributed by atoms with Gasteiger partial charge in [-0.1, -0.05) is 29.8 Å². The molecule has 25 heavy (non-hydrogen) atoms. The number of hydrogen-bond acceptors (Lipinski definition) is 3. The first-order chi connectivity index (χ1) is 12.0. The molecule has 1 unspecified atom stereocenters. The van der Waals surface area contributed by atoms with Gasteiger partial charge < -0.3 is 9.88 Å². The molecule has 1 atom stereocenters. The lowest BCUT2D eigenvalue weighted by molar-refractivity contribution is -0.122. The van der Waals surface area contributed by atoms with Crippen molar-refractivity contribution >= 4 is 51.0 Å². The van der Waals surface area contributed by atoms with Crippen LogP contribution in [0.15, 0.2) is 53.6 Å². The average Bonchev–Trinajstić information content (AvgIpc) is 2.94. The molecule has 0 aliphatic carbocycles. The van der Waals surface area contributed by atoms with Crippen molar-refractivity contribution in [2.45, 2.75) is 17.5 Å². The molecule has 0 spiro atoms. The molecule has 2 aromatic carbocycles. The van der Waals surface area contributed by atoms with Gasteiger partial charge in [0.25, 0.3) is 0 Å². The van der Waals surface area contributed by atoms with E-state index in [2.05, 4.69) is 5.32 Å². The van der Waals surface area contributed by atoms with Crippen LogP contribution in [-0.2, 0) is 9.59 Å². The summed E-state index contributed by atoms with van der Waals surface area (Å²) < 4.78 is 15.0. The third kappa shape index (κ3) is 2.92. The highest BCUT2D eigenvalue weighted by molar-refractivity contribution is 8.13. The molecule has 2 heterocycles. The van der Waals surface area contributed by atoms with Crippen LogP contribution < -0.4 is 5.32 Å².